The molecular weight excluding hydrogens is 252 g/mol. The van der Waals surface area contributed by atoms with Gasteiger partial charge in [0.05, 0.1) is 6.33 Å². The Morgan fingerprint density at radius 2 is 2.10 bits per heavy atom. The van der Waals surface area contributed by atoms with Gasteiger partial charge in [0.2, 0.25) is 5.91 Å². The number of rotatable bonds is 7. The van der Waals surface area contributed by atoms with E-state index in [-0.39, 0.29) is 5.91 Å². The summed E-state index contributed by atoms with van der Waals surface area (Å²) in [6.07, 6.45) is 5.97. The third-order valence-electron chi connectivity index (χ3n) is 2.97. The fourth-order valence-electron chi connectivity index (χ4n) is 1.92. The van der Waals surface area contributed by atoms with Crippen LogP contribution in [-0.4, -0.2) is 28.5 Å². The maximum Gasteiger partial charge on any atom is 0.221 e. The summed E-state index contributed by atoms with van der Waals surface area (Å²) in [6, 6.07) is 8.27. The second-order valence-electron chi connectivity index (χ2n) is 4.52. The van der Waals surface area contributed by atoms with Crippen molar-refractivity contribution >= 4 is 5.91 Å². The van der Waals surface area contributed by atoms with E-state index in [2.05, 4.69) is 39.9 Å². The molecule has 0 spiro atoms. The summed E-state index contributed by atoms with van der Waals surface area (Å²) >= 11 is 0. The minimum atomic E-state index is 0.0930. The second kappa shape index (κ2) is 7.45. The SMILES string of the molecule is CCNC(=O)CCNCc1ccc(-n2ccnc2)cc1. The van der Waals surface area contributed by atoms with Gasteiger partial charge in [-0.05, 0) is 24.6 Å². The van der Waals surface area contributed by atoms with Crippen molar-refractivity contribution in [3.63, 3.8) is 0 Å². The van der Waals surface area contributed by atoms with Crippen molar-refractivity contribution < 1.29 is 4.79 Å². The van der Waals surface area contributed by atoms with E-state index in [1.165, 1.54) is 5.56 Å². The molecule has 106 valence electrons. The molecular formula is C15H20N4O. The normalized spacial score (nSPS) is 10.4. The van der Waals surface area contributed by atoms with E-state index in [1.807, 2.05) is 17.7 Å². The van der Waals surface area contributed by atoms with Gasteiger partial charge in [-0.2, -0.15) is 0 Å². The highest BCUT2D eigenvalue weighted by atomic mass is 16.1. The van der Waals surface area contributed by atoms with Crippen LogP contribution in [0, 0.1) is 0 Å². The van der Waals surface area contributed by atoms with Crippen LogP contribution in [0.1, 0.15) is 18.9 Å². The summed E-state index contributed by atoms with van der Waals surface area (Å²) < 4.78 is 1.96. The molecule has 0 aliphatic heterocycles. The van der Waals surface area contributed by atoms with Crippen molar-refractivity contribution in [1.82, 2.24) is 20.2 Å². The Morgan fingerprint density at radius 1 is 1.30 bits per heavy atom. The summed E-state index contributed by atoms with van der Waals surface area (Å²) in [5.41, 5.74) is 2.29. The summed E-state index contributed by atoms with van der Waals surface area (Å²) in [5, 5.41) is 6.04. The summed E-state index contributed by atoms with van der Waals surface area (Å²) in [7, 11) is 0. The number of hydrogen-bond donors (Lipinski definition) is 2. The van der Waals surface area contributed by atoms with E-state index in [0.717, 1.165) is 12.2 Å². The van der Waals surface area contributed by atoms with Gasteiger partial charge in [0, 0.05) is 44.1 Å². The van der Waals surface area contributed by atoms with Gasteiger partial charge in [0.15, 0.2) is 0 Å². The van der Waals surface area contributed by atoms with Gasteiger partial charge in [-0.25, -0.2) is 4.98 Å². The minimum Gasteiger partial charge on any atom is -0.356 e. The first-order chi connectivity index (χ1) is 9.79. The highest BCUT2D eigenvalue weighted by Crippen LogP contribution is 2.08. The number of imidazole rings is 1. The van der Waals surface area contributed by atoms with Crippen molar-refractivity contribution in [3.05, 3.63) is 48.5 Å². The van der Waals surface area contributed by atoms with Gasteiger partial charge in [-0.15, -0.1) is 0 Å². The predicted octanol–water partition coefficient (Wildman–Crippen LogP) is 1.49. The van der Waals surface area contributed by atoms with Crippen molar-refractivity contribution in [2.75, 3.05) is 13.1 Å². The van der Waals surface area contributed by atoms with E-state index in [4.69, 9.17) is 0 Å². The molecule has 1 aromatic carbocycles. The quantitative estimate of drug-likeness (QED) is 0.751. The Hall–Kier alpha value is -2.14. The maximum atomic E-state index is 11.3. The van der Waals surface area contributed by atoms with Gasteiger partial charge in [0.1, 0.15) is 0 Å². The molecule has 0 unspecified atom stereocenters. The summed E-state index contributed by atoms with van der Waals surface area (Å²) in [4.78, 5) is 15.3. The van der Waals surface area contributed by atoms with Crippen LogP contribution in [0.25, 0.3) is 5.69 Å². The third kappa shape index (κ3) is 4.20. The van der Waals surface area contributed by atoms with Crippen LogP contribution in [0.15, 0.2) is 43.0 Å². The maximum absolute atomic E-state index is 11.3. The topological polar surface area (TPSA) is 59.0 Å². The zero-order valence-electron chi connectivity index (χ0n) is 11.7. The molecule has 1 aromatic heterocycles. The standard InChI is InChI=1S/C15H20N4O/c1-2-18-15(20)7-8-16-11-13-3-5-14(6-4-13)19-10-9-17-12-19/h3-6,9-10,12,16H,2,7-8,11H2,1H3,(H,18,20). The smallest absolute Gasteiger partial charge is 0.221 e. The van der Waals surface area contributed by atoms with Crippen LogP contribution in [0.5, 0.6) is 0 Å². The second-order valence-corrected chi connectivity index (χ2v) is 4.52. The molecule has 0 radical (unpaired) electrons. The Kier molecular flexibility index (Phi) is 5.32. The summed E-state index contributed by atoms with van der Waals surface area (Å²) in [6.45, 7) is 4.07. The summed E-state index contributed by atoms with van der Waals surface area (Å²) in [5.74, 6) is 0.0930. The molecule has 0 saturated carbocycles. The highest BCUT2D eigenvalue weighted by molar-refractivity contribution is 5.75. The first-order valence-electron chi connectivity index (χ1n) is 6.84. The van der Waals surface area contributed by atoms with Gasteiger partial charge < -0.3 is 15.2 Å². The lowest BCUT2D eigenvalue weighted by atomic mass is 10.2. The molecule has 0 saturated heterocycles. The fourth-order valence-corrected chi connectivity index (χ4v) is 1.92. The molecule has 0 aliphatic carbocycles. The number of hydrogen-bond acceptors (Lipinski definition) is 3. The first-order valence-corrected chi connectivity index (χ1v) is 6.84. The Balaban J connectivity index is 1.75. The van der Waals surface area contributed by atoms with E-state index in [1.54, 1.807) is 12.5 Å². The monoisotopic (exact) mass is 272 g/mol. The largest absolute Gasteiger partial charge is 0.356 e. The molecule has 0 atom stereocenters. The fraction of sp³-hybridized carbons (Fsp3) is 0.333. The predicted molar refractivity (Wildman–Crippen MR) is 78.6 cm³/mol. The van der Waals surface area contributed by atoms with Crippen molar-refractivity contribution in [3.8, 4) is 5.69 Å². The molecule has 1 amide bonds. The van der Waals surface area contributed by atoms with E-state index in [0.29, 0.717) is 19.5 Å². The van der Waals surface area contributed by atoms with Gasteiger partial charge in [0.25, 0.3) is 0 Å². The molecule has 2 aromatic rings. The first kappa shape index (κ1) is 14.3. The molecule has 5 heteroatoms. The molecule has 2 rings (SSSR count). The van der Waals surface area contributed by atoms with Crippen LogP contribution >= 0.6 is 0 Å². The average Bonchev–Trinajstić information content (AvgIpc) is 2.99. The molecule has 20 heavy (non-hydrogen) atoms. The van der Waals surface area contributed by atoms with Crippen LogP contribution in [0.2, 0.25) is 0 Å². The number of carbonyl (C=O) groups excluding carboxylic acids is 1. The molecule has 0 bridgehead atoms. The number of amides is 1. The highest BCUT2D eigenvalue weighted by Gasteiger charge is 1.99. The number of nitrogens with one attached hydrogen (secondary N) is 2. The molecule has 1 heterocycles. The molecule has 0 fully saturated rings. The van der Waals surface area contributed by atoms with E-state index >= 15 is 0 Å². The minimum absolute atomic E-state index is 0.0930. The zero-order chi connectivity index (χ0) is 14.2. The number of carbonyl (C=O) groups is 1. The number of nitrogens with zero attached hydrogens (tertiary/aromatic N) is 2. The average molecular weight is 272 g/mol. The lowest BCUT2D eigenvalue weighted by molar-refractivity contribution is -0.120. The Bertz CT molecular complexity index is 519. The molecule has 2 N–H and O–H groups in total. The lowest BCUT2D eigenvalue weighted by Gasteiger charge is -2.07. The van der Waals surface area contributed by atoms with Crippen LogP contribution in [0.4, 0.5) is 0 Å². The van der Waals surface area contributed by atoms with Gasteiger partial charge in [-0.1, -0.05) is 12.1 Å². The number of benzene rings is 1. The van der Waals surface area contributed by atoms with Crippen LogP contribution in [-0.2, 0) is 11.3 Å². The molecule has 0 aliphatic rings. The lowest BCUT2D eigenvalue weighted by Crippen LogP contribution is -2.27. The van der Waals surface area contributed by atoms with E-state index in [9.17, 15) is 4.79 Å². The van der Waals surface area contributed by atoms with Crippen molar-refractivity contribution in [2.45, 2.75) is 19.9 Å². The third-order valence-corrected chi connectivity index (χ3v) is 2.97. The van der Waals surface area contributed by atoms with Crippen LogP contribution < -0.4 is 10.6 Å². The van der Waals surface area contributed by atoms with Crippen LogP contribution in [0.3, 0.4) is 0 Å². The van der Waals surface area contributed by atoms with Crippen molar-refractivity contribution in [1.29, 1.82) is 0 Å². The Labute approximate surface area is 119 Å². The zero-order valence-corrected chi connectivity index (χ0v) is 11.7. The van der Waals surface area contributed by atoms with Crippen molar-refractivity contribution in [2.24, 2.45) is 0 Å². The van der Waals surface area contributed by atoms with Gasteiger partial charge in [-0.3, -0.25) is 4.79 Å². The Morgan fingerprint density at radius 3 is 2.75 bits per heavy atom. The molecule has 5 nitrogen and oxygen atoms in total. The van der Waals surface area contributed by atoms with Gasteiger partial charge >= 0.3 is 0 Å². The van der Waals surface area contributed by atoms with E-state index < -0.39 is 0 Å². The number of aromatic nitrogens is 2.